The normalized spacial score (nSPS) is 21.8. The number of hydrogen-bond donors (Lipinski definition) is 0. The third-order valence-electron chi connectivity index (χ3n) is 1.99. The lowest BCUT2D eigenvalue weighted by molar-refractivity contribution is 0.141. The molecular weight excluding hydrogens is 232 g/mol. The Balaban J connectivity index is 2.00. The molecule has 1 heterocycles. The lowest BCUT2D eigenvalue weighted by Crippen LogP contribution is -2.15. The Kier molecular flexibility index (Phi) is 2.86. The Morgan fingerprint density at radius 2 is 2.38 bits per heavy atom. The van der Waals surface area contributed by atoms with Gasteiger partial charge in [-0.25, -0.2) is 0 Å². The summed E-state index contributed by atoms with van der Waals surface area (Å²) in [5.74, 6) is 0.907. The van der Waals surface area contributed by atoms with Crippen molar-refractivity contribution in [3.8, 4) is 5.75 Å². The van der Waals surface area contributed by atoms with Crippen LogP contribution >= 0.6 is 15.9 Å². The number of hydrogen-bond acceptors (Lipinski definition) is 2. The quantitative estimate of drug-likeness (QED) is 0.794. The van der Waals surface area contributed by atoms with E-state index < -0.39 is 0 Å². The van der Waals surface area contributed by atoms with Gasteiger partial charge in [-0.3, -0.25) is 0 Å². The van der Waals surface area contributed by atoms with Gasteiger partial charge in [0.25, 0.3) is 0 Å². The number of ether oxygens (including phenoxy) is 2. The van der Waals surface area contributed by atoms with Gasteiger partial charge in [0.2, 0.25) is 0 Å². The minimum atomic E-state index is 0.231. The molecule has 1 aliphatic rings. The van der Waals surface area contributed by atoms with Gasteiger partial charge in [0.1, 0.15) is 11.9 Å². The largest absolute Gasteiger partial charge is 0.488 e. The Hall–Kier alpha value is -0.540. The van der Waals surface area contributed by atoms with E-state index in [0.29, 0.717) is 6.61 Å². The smallest absolute Gasteiger partial charge is 0.124 e. The van der Waals surface area contributed by atoms with Crippen molar-refractivity contribution in [2.75, 3.05) is 13.2 Å². The maximum absolute atomic E-state index is 5.70. The van der Waals surface area contributed by atoms with Gasteiger partial charge in [-0.05, 0) is 18.2 Å². The van der Waals surface area contributed by atoms with E-state index in [1.54, 1.807) is 0 Å². The summed E-state index contributed by atoms with van der Waals surface area (Å²) in [4.78, 5) is 0. The summed E-state index contributed by atoms with van der Waals surface area (Å²) in [6, 6.07) is 7.88. The standard InChI is InChI=1S/C10H11BrO2/c11-8-2-1-3-9(6-8)13-10-4-5-12-7-10/h1-3,6,10H,4-5,7H2/t10-/m1/s1. The van der Waals surface area contributed by atoms with E-state index in [1.807, 2.05) is 24.3 Å². The zero-order valence-electron chi connectivity index (χ0n) is 7.20. The van der Waals surface area contributed by atoms with Gasteiger partial charge in [-0.1, -0.05) is 22.0 Å². The van der Waals surface area contributed by atoms with Crippen LogP contribution in [0.5, 0.6) is 5.75 Å². The Morgan fingerprint density at radius 3 is 3.08 bits per heavy atom. The van der Waals surface area contributed by atoms with Gasteiger partial charge in [-0.2, -0.15) is 0 Å². The second-order valence-electron chi connectivity index (χ2n) is 3.06. The van der Waals surface area contributed by atoms with E-state index in [-0.39, 0.29) is 6.10 Å². The van der Waals surface area contributed by atoms with Crippen molar-refractivity contribution >= 4 is 15.9 Å². The molecule has 3 heteroatoms. The molecule has 1 aliphatic heterocycles. The second-order valence-corrected chi connectivity index (χ2v) is 3.98. The molecule has 70 valence electrons. The van der Waals surface area contributed by atoms with Crippen molar-refractivity contribution in [2.45, 2.75) is 12.5 Å². The van der Waals surface area contributed by atoms with Crippen molar-refractivity contribution in [2.24, 2.45) is 0 Å². The fourth-order valence-corrected chi connectivity index (χ4v) is 1.72. The maximum Gasteiger partial charge on any atom is 0.124 e. The van der Waals surface area contributed by atoms with Crippen LogP contribution in [0.1, 0.15) is 6.42 Å². The van der Waals surface area contributed by atoms with Gasteiger partial charge in [0.15, 0.2) is 0 Å². The molecule has 0 spiro atoms. The first-order valence-corrected chi connectivity index (χ1v) is 5.14. The summed E-state index contributed by atoms with van der Waals surface area (Å²) >= 11 is 3.40. The average Bonchev–Trinajstić information content (AvgIpc) is 2.57. The molecule has 0 amide bonds. The average molecular weight is 243 g/mol. The highest BCUT2D eigenvalue weighted by molar-refractivity contribution is 9.10. The van der Waals surface area contributed by atoms with Crippen LogP contribution in [0.15, 0.2) is 28.7 Å². The molecule has 0 unspecified atom stereocenters. The molecule has 0 bridgehead atoms. The molecule has 1 aromatic rings. The molecule has 13 heavy (non-hydrogen) atoms. The van der Waals surface area contributed by atoms with Crippen LogP contribution in [0.4, 0.5) is 0 Å². The lowest BCUT2D eigenvalue weighted by Gasteiger charge is -2.11. The van der Waals surface area contributed by atoms with E-state index >= 15 is 0 Å². The van der Waals surface area contributed by atoms with Crippen molar-refractivity contribution in [1.29, 1.82) is 0 Å². The molecule has 0 N–H and O–H groups in total. The zero-order chi connectivity index (χ0) is 9.10. The van der Waals surface area contributed by atoms with E-state index in [2.05, 4.69) is 15.9 Å². The van der Waals surface area contributed by atoms with Gasteiger partial charge in [-0.15, -0.1) is 0 Å². The SMILES string of the molecule is Brc1cccc(O[C@@H]2CCOC2)c1. The van der Waals surface area contributed by atoms with Gasteiger partial charge in [0, 0.05) is 10.9 Å². The Labute approximate surface area is 86.0 Å². The van der Waals surface area contributed by atoms with Gasteiger partial charge >= 0.3 is 0 Å². The summed E-state index contributed by atoms with van der Waals surface area (Å²) in [7, 11) is 0. The number of benzene rings is 1. The first-order valence-electron chi connectivity index (χ1n) is 4.34. The first kappa shape index (κ1) is 9.03. The predicted octanol–water partition coefficient (Wildman–Crippen LogP) is 2.62. The highest BCUT2D eigenvalue weighted by Gasteiger charge is 2.16. The third kappa shape index (κ3) is 2.45. The third-order valence-corrected chi connectivity index (χ3v) is 2.48. The highest BCUT2D eigenvalue weighted by atomic mass is 79.9. The summed E-state index contributed by atoms with van der Waals surface area (Å²) in [6.07, 6.45) is 1.22. The highest BCUT2D eigenvalue weighted by Crippen LogP contribution is 2.20. The predicted molar refractivity (Wildman–Crippen MR) is 54.0 cm³/mol. The molecule has 1 aromatic carbocycles. The van der Waals surface area contributed by atoms with Crippen molar-refractivity contribution in [3.05, 3.63) is 28.7 Å². The topological polar surface area (TPSA) is 18.5 Å². The van der Waals surface area contributed by atoms with E-state index in [9.17, 15) is 0 Å². The van der Waals surface area contributed by atoms with Gasteiger partial charge in [0.05, 0.1) is 13.2 Å². The van der Waals surface area contributed by atoms with Crippen LogP contribution in [-0.2, 0) is 4.74 Å². The maximum atomic E-state index is 5.70. The fourth-order valence-electron chi connectivity index (χ4n) is 1.34. The molecule has 1 fully saturated rings. The molecule has 2 nitrogen and oxygen atoms in total. The molecule has 0 aromatic heterocycles. The zero-order valence-corrected chi connectivity index (χ0v) is 8.79. The van der Waals surface area contributed by atoms with Crippen LogP contribution in [0.25, 0.3) is 0 Å². The first-order chi connectivity index (χ1) is 6.34. The van der Waals surface area contributed by atoms with Gasteiger partial charge < -0.3 is 9.47 Å². The monoisotopic (exact) mass is 242 g/mol. The van der Waals surface area contributed by atoms with E-state index in [1.165, 1.54) is 0 Å². The minimum Gasteiger partial charge on any atom is -0.488 e. The summed E-state index contributed by atoms with van der Waals surface area (Å²) in [5.41, 5.74) is 0. The molecule has 0 radical (unpaired) electrons. The van der Waals surface area contributed by atoms with Crippen molar-refractivity contribution < 1.29 is 9.47 Å². The van der Waals surface area contributed by atoms with E-state index in [0.717, 1.165) is 23.2 Å². The number of halogens is 1. The van der Waals surface area contributed by atoms with Crippen LogP contribution in [0.3, 0.4) is 0 Å². The lowest BCUT2D eigenvalue weighted by atomic mass is 10.3. The summed E-state index contributed by atoms with van der Waals surface area (Å²) < 4.78 is 12.0. The molecule has 0 saturated carbocycles. The molecular formula is C10H11BrO2. The van der Waals surface area contributed by atoms with Crippen molar-refractivity contribution in [1.82, 2.24) is 0 Å². The van der Waals surface area contributed by atoms with Crippen LogP contribution in [0.2, 0.25) is 0 Å². The fraction of sp³-hybridized carbons (Fsp3) is 0.400. The van der Waals surface area contributed by atoms with Crippen LogP contribution < -0.4 is 4.74 Å². The minimum absolute atomic E-state index is 0.231. The molecule has 2 rings (SSSR count). The second kappa shape index (κ2) is 4.11. The van der Waals surface area contributed by atoms with Crippen LogP contribution in [-0.4, -0.2) is 19.3 Å². The summed E-state index contributed by atoms with van der Waals surface area (Å²) in [5, 5.41) is 0. The Morgan fingerprint density at radius 1 is 1.46 bits per heavy atom. The summed E-state index contributed by atoms with van der Waals surface area (Å²) in [6.45, 7) is 1.53. The molecule has 0 aliphatic carbocycles. The Bertz CT molecular complexity index is 282. The molecule has 1 atom stereocenters. The number of rotatable bonds is 2. The van der Waals surface area contributed by atoms with E-state index in [4.69, 9.17) is 9.47 Å². The molecule has 1 saturated heterocycles. The van der Waals surface area contributed by atoms with Crippen molar-refractivity contribution in [3.63, 3.8) is 0 Å². The van der Waals surface area contributed by atoms with Crippen LogP contribution in [0, 0.1) is 0 Å².